The zero-order valence-electron chi connectivity index (χ0n) is 10.5. The average molecular weight is 287 g/mol. The minimum atomic E-state index is -3.64. The maximum atomic E-state index is 12.2. The number of aromatic nitrogens is 2. The van der Waals surface area contributed by atoms with Crippen LogP contribution in [0.4, 0.5) is 5.95 Å². The molecule has 1 heterocycles. The Balaban J connectivity index is 2.13. The number of nitrogens with two attached hydrogens (primary N) is 1. The molecule has 2 rings (SSSR count). The highest BCUT2D eigenvalue weighted by Gasteiger charge is 2.31. The number of hydrogen-bond acceptors (Lipinski definition) is 7. The van der Waals surface area contributed by atoms with E-state index >= 15 is 0 Å². The smallest absolute Gasteiger partial charge is 0.243 e. The normalized spacial score (nSPS) is 23.5. The van der Waals surface area contributed by atoms with Crippen LogP contribution in [0.3, 0.4) is 0 Å². The number of sulfonamides is 1. The summed E-state index contributed by atoms with van der Waals surface area (Å²) in [5, 5.41) is 0. The molecule has 0 spiro atoms. The Kier molecular flexibility index (Phi) is 4.30. The molecular weight excluding hydrogens is 270 g/mol. The first-order chi connectivity index (χ1) is 9.06. The van der Waals surface area contributed by atoms with E-state index < -0.39 is 10.0 Å². The number of ether oxygens (including phenoxy) is 1. The molecule has 19 heavy (non-hydrogen) atoms. The summed E-state index contributed by atoms with van der Waals surface area (Å²) in [5.41, 5.74) is 2.24. The first kappa shape index (κ1) is 14.1. The number of hydrogen-bond donors (Lipinski definition) is 3. The Morgan fingerprint density at radius 3 is 2.63 bits per heavy atom. The molecular formula is C10H17N5O3S. The summed E-state index contributed by atoms with van der Waals surface area (Å²) >= 11 is 0. The minimum Gasteiger partial charge on any atom is -0.380 e. The van der Waals surface area contributed by atoms with Gasteiger partial charge in [0.05, 0.1) is 18.5 Å². The number of rotatable bonds is 5. The summed E-state index contributed by atoms with van der Waals surface area (Å²) in [6.07, 6.45) is 4.90. The second-order valence-corrected chi connectivity index (χ2v) is 6.03. The highest BCUT2D eigenvalue weighted by Crippen LogP contribution is 2.23. The van der Waals surface area contributed by atoms with Gasteiger partial charge in [-0.3, -0.25) is 5.43 Å². The van der Waals surface area contributed by atoms with Crippen molar-refractivity contribution in [3.05, 3.63) is 12.4 Å². The van der Waals surface area contributed by atoms with Crippen molar-refractivity contribution in [3.63, 3.8) is 0 Å². The quantitative estimate of drug-likeness (QED) is 0.498. The lowest BCUT2D eigenvalue weighted by Gasteiger charge is -2.19. The first-order valence-electron chi connectivity index (χ1n) is 5.90. The van der Waals surface area contributed by atoms with Gasteiger partial charge in [0.2, 0.25) is 16.0 Å². The lowest BCUT2D eigenvalue weighted by atomic mass is 10.2. The predicted octanol–water partition coefficient (Wildman–Crippen LogP) is -0.392. The lowest BCUT2D eigenvalue weighted by Crippen LogP contribution is -2.40. The molecule has 1 aliphatic rings. The van der Waals surface area contributed by atoms with Gasteiger partial charge in [0.15, 0.2) is 0 Å². The third kappa shape index (κ3) is 3.18. The Hall–Kier alpha value is -1.29. The molecule has 0 aromatic carbocycles. The molecule has 0 amide bonds. The number of anilines is 1. The van der Waals surface area contributed by atoms with Crippen molar-refractivity contribution < 1.29 is 13.2 Å². The van der Waals surface area contributed by atoms with E-state index in [1.54, 1.807) is 7.11 Å². The second-order valence-electron chi connectivity index (χ2n) is 4.32. The summed E-state index contributed by atoms with van der Waals surface area (Å²) in [5.74, 6) is 5.28. The van der Waals surface area contributed by atoms with Crippen molar-refractivity contribution in [3.8, 4) is 0 Å². The Labute approximate surface area is 111 Å². The van der Waals surface area contributed by atoms with E-state index in [0.29, 0.717) is 0 Å². The molecule has 1 aliphatic carbocycles. The van der Waals surface area contributed by atoms with Crippen LogP contribution in [0.5, 0.6) is 0 Å². The highest BCUT2D eigenvalue weighted by molar-refractivity contribution is 7.89. The fourth-order valence-corrected chi connectivity index (χ4v) is 3.33. The standard InChI is InChI=1S/C10H17N5O3S/c1-18-9-4-2-3-8(9)15-19(16,17)7-5-12-10(14-11)13-6-7/h5-6,8-9,15H,2-4,11H2,1H3,(H,12,13,14). The Bertz CT molecular complexity index is 518. The van der Waals surface area contributed by atoms with Gasteiger partial charge in [0, 0.05) is 13.2 Å². The third-order valence-electron chi connectivity index (χ3n) is 3.13. The third-order valence-corrected chi connectivity index (χ3v) is 4.57. The Morgan fingerprint density at radius 1 is 1.37 bits per heavy atom. The van der Waals surface area contributed by atoms with Gasteiger partial charge in [-0.25, -0.2) is 29.0 Å². The van der Waals surface area contributed by atoms with Gasteiger partial charge in [-0.2, -0.15) is 0 Å². The summed E-state index contributed by atoms with van der Waals surface area (Å²) < 4.78 is 32.2. The Morgan fingerprint density at radius 2 is 2.05 bits per heavy atom. The topological polar surface area (TPSA) is 119 Å². The second kappa shape index (κ2) is 5.78. The molecule has 1 aromatic heterocycles. The fraction of sp³-hybridized carbons (Fsp3) is 0.600. The maximum Gasteiger partial charge on any atom is 0.243 e. The maximum absolute atomic E-state index is 12.2. The number of nitrogens with zero attached hydrogens (tertiary/aromatic N) is 2. The molecule has 1 fully saturated rings. The van der Waals surface area contributed by atoms with Crippen molar-refractivity contribution in [2.24, 2.45) is 5.84 Å². The SMILES string of the molecule is COC1CCCC1NS(=O)(=O)c1cnc(NN)nc1. The van der Waals surface area contributed by atoms with Crippen LogP contribution >= 0.6 is 0 Å². The molecule has 2 atom stereocenters. The molecule has 9 heteroatoms. The summed E-state index contributed by atoms with van der Waals surface area (Å²) in [4.78, 5) is 7.57. The van der Waals surface area contributed by atoms with E-state index in [1.807, 2.05) is 0 Å². The van der Waals surface area contributed by atoms with E-state index in [-0.39, 0.29) is 23.0 Å². The summed E-state index contributed by atoms with van der Waals surface area (Å²) in [6.45, 7) is 0. The van der Waals surface area contributed by atoms with Crippen molar-refractivity contribution in [2.45, 2.75) is 36.3 Å². The number of nitrogen functional groups attached to an aromatic ring is 1. The molecule has 0 bridgehead atoms. The molecule has 1 aromatic rings. The van der Waals surface area contributed by atoms with Gasteiger partial charge in [0.1, 0.15) is 4.90 Å². The summed E-state index contributed by atoms with van der Waals surface area (Å²) in [6, 6.07) is -0.206. The molecule has 106 valence electrons. The predicted molar refractivity (Wildman–Crippen MR) is 68.6 cm³/mol. The van der Waals surface area contributed by atoms with Crippen LogP contribution in [0.25, 0.3) is 0 Å². The van der Waals surface area contributed by atoms with Crippen LogP contribution < -0.4 is 16.0 Å². The summed E-state index contributed by atoms with van der Waals surface area (Å²) in [7, 11) is -2.05. The number of nitrogens with one attached hydrogen (secondary N) is 2. The molecule has 2 unspecified atom stereocenters. The van der Waals surface area contributed by atoms with Gasteiger partial charge in [-0.1, -0.05) is 0 Å². The monoisotopic (exact) mass is 287 g/mol. The average Bonchev–Trinajstić information content (AvgIpc) is 2.85. The van der Waals surface area contributed by atoms with E-state index in [4.69, 9.17) is 10.6 Å². The minimum absolute atomic E-state index is 0.00764. The largest absolute Gasteiger partial charge is 0.380 e. The van der Waals surface area contributed by atoms with Crippen molar-refractivity contribution in [2.75, 3.05) is 12.5 Å². The fourth-order valence-electron chi connectivity index (χ4n) is 2.14. The van der Waals surface area contributed by atoms with Crippen LogP contribution in [0, 0.1) is 0 Å². The van der Waals surface area contributed by atoms with E-state index in [0.717, 1.165) is 19.3 Å². The van der Waals surface area contributed by atoms with Crippen molar-refractivity contribution >= 4 is 16.0 Å². The number of methoxy groups -OCH3 is 1. The van der Waals surface area contributed by atoms with Crippen LogP contribution in [0.15, 0.2) is 17.3 Å². The van der Waals surface area contributed by atoms with Gasteiger partial charge < -0.3 is 4.74 Å². The van der Waals surface area contributed by atoms with Crippen LogP contribution in [0.2, 0.25) is 0 Å². The molecule has 0 radical (unpaired) electrons. The first-order valence-corrected chi connectivity index (χ1v) is 7.39. The molecule has 1 saturated carbocycles. The highest BCUT2D eigenvalue weighted by atomic mass is 32.2. The van der Waals surface area contributed by atoms with E-state index in [1.165, 1.54) is 12.4 Å². The van der Waals surface area contributed by atoms with Crippen LogP contribution in [-0.2, 0) is 14.8 Å². The van der Waals surface area contributed by atoms with E-state index in [2.05, 4.69) is 20.1 Å². The van der Waals surface area contributed by atoms with Gasteiger partial charge in [-0.15, -0.1) is 0 Å². The molecule has 0 saturated heterocycles. The van der Waals surface area contributed by atoms with Crippen LogP contribution in [-0.4, -0.2) is 37.6 Å². The van der Waals surface area contributed by atoms with Crippen molar-refractivity contribution in [1.82, 2.24) is 14.7 Å². The van der Waals surface area contributed by atoms with Crippen molar-refractivity contribution in [1.29, 1.82) is 0 Å². The van der Waals surface area contributed by atoms with E-state index in [9.17, 15) is 8.42 Å². The molecule has 8 nitrogen and oxygen atoms in total. The van der Waals surface area contributed by atoms with Gasteiger partial charge in [0.25, 0.3) is 0 Å². The zero-order chi connectivity index (χ0) is 13.9. The van der Waals surface area contributed by atoms with Gasteiger partial charge >= 0.3 is 0 Å². The molecule has 4 N–H and O–H groups in total. The molecule has 0 aliphatic heterocycles. The zero-order valence-corrected chi connectivity index (χ0v) is 11.4. The lowest BCUT2D eigenvalue weighted by molar-refractivity contribution is 0.0916. The van der Waals surface area contributed by atoms with Crippen LogP contribution in [0.1, 0.15) is 19.3 Å². The number of hydrazine groups is 1. The van der Waals surface area contributed by atoms with Gasteiger partial charge in [-0.05, 0) is 19.3 Å².